The topological polar surface area (TPSA) is 21.7 Å². The van der Waals surface area contributed by atoms with Gasteiger partial charge in [0.15, 0.2) is 23.0 Å². The number of hydrogen-bond acceptors (Lipinski definition) is 3. The van der Waals surface area contributed by atoms with Crippen LogP contribution in [0.4, 0.5) is 17.1 Å². The van der Waals surface area contributed by atoms with Crippen molar-refractivity contribution in [3.8, 4) is 78.6 Å². The molecule has 3 heteroatoms. The molecule has 0 amide bonds. The van der Waals surface area contributed by atoms with Crippen molar-refractivity contribution in [2.45, 2.75) is 5.41 Å². The molecule has 0 unspecified atom stereocenters. The van der Waals surface area contributed by atoms with Gasteiger partial charge < -0.3 is 14.4 Å². The molecule has 0 saturated carbocycles. The van der Waals surface area contributed by atoms with Crippen LogP contribution in [0, 0.1) is 0 Å². The average Bonchev–Trinajstić information content (AvgIpc) is 3.84. The smallest absolute Gasteiger partial charge is 0.175 e. The summed E-state index contributed by atoms with van der Waals surface area (Å²) in [6, 6.07) is 84.6. The lowest BCUT2D eigenvalue weighted by Gasteiger charge is -2.34. The molecule has 0 radical (unpaired) electrons. The molecule has 3 nitrogen and oxygen atoms in total. The van der Waals surface area contributed by atoms with Crippen molar-refractivity contribution in [2.75, 3.05) is 4.90 Å². The third kappa shape index (κ3) is 5.41. The van der Waals surface area contributed by atoms with Crippen LogP contribution in [0.1, 0.15) is 22.3 Å². The maximum atomic E-state index is 7.19. The third-order valence-corrected chi connectivity index (χ3v) is 13.3. The molecule has 0 N–H and O–H groups in total. The monoisotopic (exact) mass is 817 g/mol. The second kappa shape index (κ2) is 14.3. The number of fused-ring (bicyclic) bond motifs is 13. The van der Waals surface area contributed by atoms with Gasteiger partial charge in [0, 0.05) is 22.9 Å². The fourth-order valence-corrected chi connectivity index (χ4v) is 10.6. The molecule has 1 heterocycles. The molecular formula is C61H39NO2. The van der Waals surface area contributed by atoms with Gasteiger partial charge in [-0.3, -0.25) is 0 Å². The molecule has 0 fully saturated rings. The Bertz CT molecular complexity index is 3400. The number of ether oxygens (including phenoxy) is 2. The fourth-order valence-electron chi connectivity index (χ4n) is 10.6. The quantitative estimate of drug-likeness (QED) is 0.167. The van der Waals surface area contributed by atoms with E-state index >= 15 is 0 Å². The first kappa shape index (κ1) is 36.3. The molecule has 13 rings (SSSR count). The van der Waals surface area contributed by atoms with Crippen LogP contribution in [0.25, 0.3) is 55.6 Å². The van der Waals surface area contributed by atoms with Crippen LogP contribution in [0.2, 0.25) is 0 Å². The molecule has 1 spiro atoms. The van der Waals surface area contributed by atoms with E-state index in [9.17, 15) is 0 Å². The van der Waals surface area contributed by atoms with Crippen LogP contribution in [0.5, 0.6) is 23.0 Å². The minimum atomic E-state index is -0.561. The van der Waals surface area contributed by atoms with Crippen LogP contribution in [0.3, 0.4) is 0 Å². The van der Waals surface area contributed by atoms with Crippen molar-refractivity contribution >= 4 is 17.1 Å². The second-order valence-electron chi connectivity index (χ2n) is 16.8. The molecule has 1 aliphatic heterocycles. The Balaban J connectivity index is 0.956. The van der Waals surface area contributed by atoms with Crippen LogP contribution >= 0.6 is 0 Å². The van der Waals surface area contributed by atoms with Crippen molar-refractivity contribution in [3.63, 3.8) is 0 Å². The summed E-state index contributed by atoms with van der Waals surface area (Å²) in [4.78, 5) is 2.34. The Morgan fingerprint density at radius 1 is 0.297 bits per heavy atom. The molecule has 64 heavy (non-hydrogen) atoms. The van der Waals surface area contributed by atoms with Crippen molar-refractivity contribution < 1.29 is 9.47 Å². The summed E-state index contributed by atoms with van der Waals surface area (Å²) in [5, 5.41) is 0. The Morgan fingerprint density at radius 3 is 1.48 bits per heavy atom. The highest BCUT2D eigenvalue weighted by Gasteiger charge is 2.54. The lowest BCUT2D eigenvalue weighted by molar-refractivity contribution is 0.355. The summed E-state index contributed by atoms with van der Waals surface area (Å²) in [5.41, 5.74) is 19.2. The Labute approximate surface area is 372 Å². The average molecular weight is 818 g/mol. The van der Waals surface area contributed by atoms with Gasteiger partial charge in [-0.1, -0.05) is 188 Å². The van der Waals surface area contributed by atoms with Gasteiger partial charge in [0.25, 0.3) is 0 Å². The van der Waals surface area contributed by atoms with Crippen LogP contribution in [-0.2, 0) is 5.41 Å². The van der Waals surface area contributed by atoms with Gasteiger partial charge in [-0.25, -0.2) is 0 Å². The second-order valence-corrected chi connectivity index (χ2v) is 16.8. The molecule has 10 aromatic rings. The first-order valence-corrected chi connectivity index (χ1v) is 21.9. The van der Waals surface area contributed by atoms with Crippen LogP contribution < -0.4 is 14.4 Å². The van der Waals surface area contributed by atoms with E-state index in [0.29, 0.717) is 17.2 Å². The maximum Gasteiger partial charge on any atom is 0.175 e. The van der Waals surface area contributed by atoms with E-state index in [0.717, 1.165) is 50.6 Å². The number of rotatable bonds is 6. The van der Waals surface area contributed by atoms with E-state index in [1.165, 1.54) is 50.1 Å². The first-order valence-electron chi connectivity index (χ1n) is 21.9. The maximum absolute atomic E-state index is 7.19. The highest BCUT2D eigenvalue weighted by atomic mass is 16.6. The van der Waals surface area contributed by atoms with E-state index in [4.69, 9.17) is 9.47 Å². The Kier molecular flexibility index (Phi) is 8.13. The normalized spacial score (nSPS) is 13.1. The summed E-state index contributed by atoms with van der Waals surface area (Å²) in [5.74, 6) is 2.81. The molecule has 10 aromatic carbocycles. The number of para-hydroxylation sites is 1. The third-order valence-electron chi connectivity index (χ3n) is 13.3. The van der Waals surface area contributed by atoms with E-state index in [1.807, 2.05) is 0 Å². The van der Waals surface area contributed by atoms with E-state index in [2.05, 4.69) is 241 Å². The number of benzene rings is 10. The molecule has 0 saturated heterocycles. The molecule has 0 atom stereocenters. The van der Waals surface area contributed by atoms with Crippen LogP contribution in [0.15, 0.2) is 237 Å². The minimum Gasteiger partial charge on any atom is -0.449 e. The zero-order valence-corrected chi connectivity index (χ0v) is 34.8. The molecule has 2 aliphatic carbocycles. The zero-order chi connectivity index (χ0) is 42.2. The fraction of sp³-hybridized carbons (Fsp3) is 0.0164. The number of anilines is 3. The highest BCUT2D eigenvalue weighted by Crippen LogP contribution is 2.67. The van der Waals surface area contributed by atoms with Gasteiger partial charge >= 0.3 is 0 Å². The van der Waals surface area contributed by atoms with Crippen molar-refractivity contribution in [1.29, 1.82) is 0 Å². The zero-order valence-electron chi connectivity index (χ0n) is 34.8. The largest absolute Gasteiger partial charge is 0.449 e. The minimum absolute atomic E-state index is 0.561. The van der Waals surface area contributed by atoms with Crippen LogP contribution in [-0.4, -0.2) is 0 Å². The van der Waals surface area contributed by atoms with Crippen molar-refractivity contribution in [1.82, 2.24) is 0 Å². The molecule has 3 aliphatic rings. The predicted octanol–water partition coefficient (Wildman–Crippen LogP) is 16.4. The Morgan fingerprint density at radius 2 is 0.797 bits per heavy atom. The Hall–Kier alpha value is -8.40. The first-order chi connectivity index (χ1) is 31.7. The predicted molar refractivity (Wildman–Crippen MR) is 260 cm³/mol. The van der Waals surface area contributed by atoms with Gasteiger partial charge in [-0.2, -0.15) is 0 Å². The molecule has 0 bridgehead atoms. The molecular weight excluding hydrogens is 779 g/mol. The summed E-state index contributed by atoms with van der Waals surface area (Å²) in [7, 11) is 0. The van der Waals surface area contributed by atoms with Gasteiger partial charge in [0.1, 0.15) is 0 Å². The van der Waals surface area contributed by atoms with Gasteiger partial charge in [-0.05, 0) is 109 Å². The molecule has 0 aromatic heterocycles. The lowest BCUT2D eigenvalue weighted by Crippen LogP contribution is -2.26. The van der Waals surface area contributed by atoms with Crippen molar-refractivity contribution in [2.24, 2.45) is 0 Å². The summed E-state index contributed by atoms with van der Waals surface area (Å²) < 4.78 is 14.2. The van der Waals surface area contributed by atoms with Gasteiger partial charge in [0.05, 0.1) is 16.8 Å². The van der Waals surface area contributed by atoms with Gasteiger partial charge in [0.2, 0.25) is 0 Å². The standard InChI is InChI=1S/C61H39NO2/c1-3-17-40(18-4-1)42-21-15-22-43(37-42)44-23-16-24-45(38-44)62(55-32-14-10-25-47(55)41-19-5-2-6-20-41)46-33-35-56-58(39-46)63-57-36-34-51-50-28-9-13-31-54(50)61(59(51)60(57)64-56)52-29-11-7-26-48(52)49-27-8-12-30-53(49)61/h1-39H. The number of nitrogens with zero attached hydrogens (tertiary/aromatic N) is 1. The van der Waals surface area contributed by atoms with E-state index in [1.54, 1.807) is 0 Å². The van der Waals surface area contributed by atoms with E-state index < -0.39 is 5.41 Å². The summed E-state index contributed by atoms with van der Waals surface area (Å²) in [6.07, 6.45) is 0. The van der Waals surface area contributed by atoms with E-state index in [-0.39, 0.29) is 0 Å². The van der Waals surface area contributed by atoms with Gasteiger partial charge in [-0.15, -0.1) is 0 Å². The highest BCUT2D eigenvalue weighted by molar-refractivity contribution is 5.97. The SMILES string of the molecule is c1ccc(-c2cccc(-c3cccc(N(c4ccc5c(c4)Oc4ccc6c(c4O5)C4(c5ccccc5-c5ccccc54)c4ccccc4-6)c4ccccc4-c4ccccc4)c3)c2)cc1. The lowest BCUT2D eigenvalue weighted by atomic mass is 9.70. The van der Waals surface area contributed by atoms with Crippen molar-refractivity contribution in [3.05, 3.63) is 259 Å². The molecule has 300 valence electrons. The number of hydrogen-bond donors (Lipinski definition) is 0. The summed E-state index contributed by atoms with van der Waals surface area (Å²) in [6.45, 7) is 0. The summed E-state index contributed by atoms with van der Waals surface area (Å²) >= 11 is 0.